The van der Waals surface area contributed by atoms with Crippen LogP contribution in [0.15, 0.2) is 5.38 Å². The summed E-state index contributed by atoms with van der Waals surface area (Å²) in [6, 6.07) is 0.852. The fourth-order valence-electron chi connectivity index (χ4n) is 2.43. The highest BCUT2D eigenvalue weighted by molar-refractivity contribution is 7.11. The van der Waals surface area contributed by atoms with Crippen LogP contribution < -0.4 is 0 Å². The lowest BCUT2D eigenvalue weighted by molar-refractivity contribution is 0.0695. The molecule has 0 amide bonds. The van der Waals surface area contributed by atoms with Gasteiger partial charge in [0, 0.05) is 44.1 Å². The zero-order chi connectivity index (χ0) is 12.5. The van der Waals surface area contributed by atoms with Crippen molar-refractivity contribution in [3.63, 3.8) is 0 Å². The highest BCUT2D eigenvalue weighted by atomic mass is 32.1. The van der Waals surface area contributed by atoms with Crippen LogP contribution >= 0.6 is 11.3 Å². The van der Waals surface area contributed by atoms with Gasteiger partial charge in [0.2, 0.25) is 5.01 Å². The summed E-state index contributed by atoms with van der Waals surface area (Å²) in [6.07, 6.45) is 2.74. The van der Waals surface area contributed by atoms with Crippen LogP contribution in [0.4, 0.5) is 0 Å². The molecule has 1 N–H and O–H groups in total. The molecule has 1 aromatic rings. The second kappa shape index (κ2) is 4.95. The van der Waals surface area contributed by atoms with Crippen molar-refractivity contribution in [2.75, 3.05) is 26.2 Å². The van der Waals surface area contributed by atoms with E-state index < -0.39 is 5.97 Å². The van der Waals surface area contributed by atoms with Crippen molar-refractivity contribution >= 4 is 17.3 Å². The van der Waals surface area contributed by atoms with Crippen LogP contribution in [0.3, 0.4) is 0 Å². The summed E-state index contributed by atoms with van der Waals surface area (Å²) in [5.41, 5.74) is 0.886. The van der Waals surface area contributed by atoms with Gasteiger partial charge in [-0.2, -0.15) is 0 Å². The third kappa shape index (κ3) is 2.71. The molecule has 18 heavy (non-hydrogen) atoms. The van der Waals surface area contributed by atoms with Crippen LogP contribution in [-0.2, 0) is 6.54 Å². The average molecular weight is 267 g/mol. The van der Waals surface area contributed by atoms with Crippen LogP contribution in [0.1, 0.15) is 28.3 Å². The minimum atomic E-state index is -0.926. The standard InChI is InChI=1S/C12H17N3O2S/c16-12(17)11-13-9(8-18-11)7-14-3-5-15(6-4-14)10-1-2-10/h8,10H,1-7H2,(H,16,17). The van der Waals surface area contributed by atoms with E-state index in [-0.39, 0.29) is 5.01 Å². The van der Waals surface area contributed by atoms with Gasteiger partial charge in [0.15, 0.2) is 0 Å². The monoisotopic (exact) mass is 267 g/mol. The highest BCUT2D eigenvalue weighted by Gasteiger charge is 2.31. The van der Waals surface area contributed by atoms with Gasteiger partial charge in [-0.3, -0.25) is 9.80 Å². The zero-order valence-electron chi connectivity index (χ0n) is 10.2. The Labute approximate surface area is 110 Å². The second-order valence-electron chi connectivity index (χ2n) is 4.99. The Kier molecular flexibility index (Phi) is 3.32. The summed E-state index contributed by atoms with van der Waals surface area (Å²) in [7, 11) is 0. The van der Waals surface area contributed by atoms with Crippen LogP contribution in [-0.4, -0.2) is 58.1 Å². The molecule has 2 heterocycles. The van der Waals surface area contributed by atoms with Crippen LogP contribution in [0, 0.1) is 0 Å². The number of nitrogens with zero attached hydrogens (tertiary/aromatic N) is 3. The summed E-state index contributed by atoms with van der Waals surface area (Å²) in [6.45, 7) is 5.19. The predicted octanol–water partition coefficient (Wildman–Crippen LogP) is 1.12. The van der Waals surface area contributed by atoms with Gasteiger partial charge in [0.25, 0.3) is 0 Å². The van der Waals surface area contributed by atoms with Crippen LogP contribution in [0.25, 0.3) is 0 Å². The van der Waals surface area contributed by atoms with E-state index in [0.717, 1.165) is 44.5 Å². The van der Waals surface area contributed by atoms with Gasteiger partial charge < -0.3 is 5.11 Å². The first-order valence-corrected chi connectivity index (χ1v) is 7.24. The summed E-state index contributed by atoms with van der Waals surface area (Å²) >= 11 is 1.21. The third-order valence-electron chi connectivity index (χ3n) is 3.59. The number of rotatable bonds is 4. The Hall–Kier alpha value is -0.980. The largest absolute Gasteiger partial charge is 0.476 e. The maximum Gasteiger partial charge on any atom is 0.365 e. The molecule has 5 nitrogen and oxygen atoms in total. The summed E-state index contributed by atoms with van der Waals surface area (Å²) in [4.78, 5) is 19.8. The van der Waals surface area contributed by atoms with Gasteiger partial charge in [-0.25, -0.2) is 9.78 Å². The van der Waals surface area contributed by atoms with Crippen molar-refractivity contribution in [1.82, 2.24) is 14.8 Å². The number of piperazine rings is 1. The molecule has 2 fully saturated rings. The van der Waals surface area contributed by atoms with E-state index in [1.165, 1.54) is 24.2 Å². The fourth-order valence-corrected chi connectivity index (χ4v) is 3.08. The van der Waals surface area contributed by atoms with E-state index in [1.807, 2.05) is 5.38 Å². The van der Waals surface area contributed by atoms with E-state index in [4.69, 9.17) is 5.11 Å². The minimum Gasteiger partial charge on any atom is -0.476 e. The van der Waals surface area contributed by atoms with Crippen molar-refractivity contribution in [3.05, 3.63) is 16.1 Å². The molecule has 0 bridgehead atoms. The molecule has 0 atom stereocenters. The van der Waals surface area contributed by atoms with Crippen molar-refractivity contribution in [1.29, 1.82) is 0 Å². The maximum atomic E-state index is 10.8. The summed E-state index contributed by atoms with van der Waals surface area (Å²) in [5, 5.41) is 10.9. The molecule has 3 rings (SSSR count). The van der Waals surface area contributed by atoms with Crippen LogP contribution in [0.5, 0.6) is 0 Å². The SMILES string of the molecule is O=C(O)c1nc(CN2CCN(C3CC3)CC2)cs1. The molecule has 0 spiro atoms. The Morgan fingerprint density at radius 1 is 1.39 bits per heavy atom. The van der Waals surface area contributed by atoms with Crippen LogP contribution in [0.2, 0.25) is 0 Å². The number of aromatic carboxylic acids is 1. The highest BCUT2D eigenvalue weighted by Crippen LogP contribution is 2.27. The van der Waals surface area contributed by atoms with E-state index in [9.17, 15) is 4.79 Å². The molecule has 1 saturated heterocycles. The van der Waals surface area contributed by atoms with Gasteiger partial charge in [0.1, 0.15) is 0 Å². The molecule has 1 aromatic heterocycles. The maximum absolute atomic E-state index is 10.8. The van der Waals surface area contributed by atoms with Gasteiger partial charge in [-0.05, 0) is 12.8 Å². The quantitative estimate of drug-likeness (QED) is 0.886. The average Bonchev–Trinajstić information content (AvgIpc) is 3.10. The molecular formula is C12H17N3O2S. The normalized spacial score (nSPS) is 22.2. The second-order valence-corrected chi connectivity index (χ2v) is 5.85. The van der Waals surface area contributed by atoms with Crippen molar-refractivity contribution in [2.45, 2.75) is 25.4 Å². The Bertz CT molecular complexity index is 436. The number of carbonyl (C=O) groups is 1. The lowest BCUT2D eigenvalue weighted by Crippen LogP contribution is -2.46. The first kappa shape index (κ1) is 12.1. The number of carboxylic acid groups (broad SMARTS) is 1. The zero-order valence-corrected chi connectivity index (χ0v) is 11.0. The van der Waals surface area contributed by atoms with E-state index in [2.05, 4.69) is 14.8 Å². The molecule has 0 unspecified atom stereocenters. The summed E-state index contributed by atoms with van der Waals surface area (Å²) in [5.74, 6) is -0.926. The number of hydrogen-bond acceptors (Lipinski definition) is 5. The van der Waals surface area contributed by atoms with Gasteiger partial charge in [0.05, 0.1) is 5.69 Å². The predicted molar refractivity (Wildman–Crippen MR) is 68.9 cm³/mol. The molecule has 1 aliphatic heterocycles. The number of hydrogen-bond donors (Lipinski definition) is 1. The number of carboxylic acids is 1. The minimum absolute atomic E-state index is 0.196. The molecule has 6 heteroatoms. The van der Waals surface area contributed by atoms with Crippen molar-refractivity contribution in [2.24, 2.45) is 0 Å². The van der Waals surface area contributed by atoms with Gasteiger partial charge >= 0.3 is 5.97 Å². The van der Waals surface area contributed by atoms with E-state index >= 15 is 0 Å². The van der Waals surface area contributed by atoms with E-state index in [0.29, 0.717) is 0 Å². The Balaban J connectivity index is 1.52. The summed E-state index contributed by atoms with van der Waals surface area (Å²) < 4.78 is 0. The molecule has 2 aliphatic rings. The van der Waals surface area contributed by atoms with E-state index in [1.54, 1.807) is 0 Å². The smallest absolute Gasteiger partial charge is 0.365 e. The molecule has 0 aromatic carbocycles. The molecule has 1 aliphatic carbocycles. The molecule has 98 valence electrons. The fraction of sp³-hybridized carbons (Fsp3) is 0.667. The molecular weight excluding hydrogens is 250 g/mol. The first-order valence-electron chi connectivity index (χ1n) is 6.36. The number of aromatic nitrogens is 1. The van der Waals surface area contributed by atoms with Gasteiger partial charge in [-0.15, -0.1) is 11.3 Å². The molecule has 0 radical (unpaired) electrons. The lowest BCUT2D eigenvalue weighted by Gasteiger charge is -2.34. The Morgan fingerprint density at radius 2 is 2.11 bits per heavy atom. The van der Waals surface area contributed by atoms with Gasteiger partial charge in [-0.1, -0.05) is 0 Å². The Morgan fingerprint density at radius 3 is 2.67 bits per heavy atom. The topological polar surface area (TPSA) is 56.7 Å². The third-order valence-corrected chi connectivity index (χ3v) is 4.47. The molecule has 1 saturated carbocycles. The van der Waals surface area contributed by atoms with Crippen molar-refractivity contribution < 1.29 is 9.90 Å². The lowest BCUT2D eigenvalue weighted by atomic mass is 10.3. The first-order chi connectivity index (χ1) is 8.72. The number of thiazole rings is 1. The van der Waals surface area contributed by atoms with Crippen molar-refractivity contribution in [3.8, 4) is 0 Å².